The molecule has 0 aromatic carbocycles. The first-order chi connectivity index (χ1) is 5.54. The topological polar surface area (TPSA) is 67.2 Å². The fourth-order valence-electron chi connectivity index (χ4n) is 1.33. The van der Waals surface area contributed by atoms with Crippen LogP contribution in [0.2, 0.25) is 0 Å². The van der Waals surface area contributed by atoms with Crippen LogP contribution < -0.4 is 0 Å². The normalized spacial score (nSPS) is 33.0. The zero-order valence-electron chi connectivity index (χ0n) is 6.91. The molecule has 0 amide bonds. The van der Waals surface area contributed by atoms with E-state index in [1.807, 2.05) is 6.07 Å². The number of hydrogen-bond acceptors (Lipinski definition) is 4. The fraction of sp³-hybridized carbons (Fsp3) is 0.857. The van der Waals surface area contributed by atoms with Crippen LogP contribution in [0.5, 0.6) is 0 Å². The van der Waals surface area contributed by atoms with Crippen molar-refractivity contribution in [2.24, 2.45) is 0 Å². The summed E-state index contributed by atoms with van der Waals surface area (Å²) in [5, 5.41) is 8.74. The SMILES string of the molecule is CCOC1(C#N)CCS(=O)(=O)C1. The van der Waals surface area contributed by atoms with Crippen molar-refractivity contribution < 1.29 is 13.2 Å². The van der Waals surface area contributed by atoms with E-state index in [2.05, 4.69) is 0 Å². The maximum Gasteiger partial charge on any atom is 0.169 e. The third-order valence-corrected chi connectivity index (χ3v) is 3.63. The molecule has 0 aliphatic carbocycles. The Balaban J connectivity index is 2.81. The summed E-state index contributed by atoms with van der Waals surface area (Å²) >= 11 is 0. The molecule has 1 unspecified atom stereocenters. The van der Waals surface area contributed by atoms with Crippen molar-refractivity contribution in [1.29, 1.82) is 5.26 Å². The van der Waals surface area contributed by atoms with Gasteiger partial charge in [0.25, 0.3) is 0 Å². The largest absolute Gasteiger partial charge is 0.359 e. The van der Waals surface area contributed by atoms with Gasteiger partial charge in [-0.1, -0.05) is 0 Å². The third kappa shape index (κ3) is 1.76. The zero-order valence-corrected chi connectivity index (χ0v) is 7.73. The molecule has 0 N–H and O–H groups in total. The van der Waals surface area contributed by atoms with Crippen LogP contribution in [0.25, 0.3) is 0 Å². The highest BCUT2D eigenvalue weighted by molar-refractivity contribution is 7.91. The van der Waals surface area contributed by atoms with E-state index < -0.39 is 15.4 Å². The number of sulfone groups is 1. The molecule has 1 fully saturated rings. The summed E-state index contributed by atoms with van der Waals surface area (Å²) < 4.78 is 27.2. The third-order valence-electron chi connectivity index (χ3n) is 1.89. The Kier molecular flexibility index (Phi) is 2.40. The number of rotatable bonds is 2. The first-order valence-corrected chi connectivity index (χ1v) is 5.61. The number of nitrogens with zero attached hydrogens (tertiary/aromatic N) is 1. The molecule has 1 aliphatic heterocycles. The average Bonchev–Trinajstić information content (AvgIpc) is 2.29. The smallest absolute Gasteiger partial charge is 0.169 e. The van der Waals surface area contributed by atoms with Crippen LogP contribution in [0, 0.1) is 11.3 Å². The Hall–Kier alpha value is -0.600. The molecule has 0 radical (unpaired) electrons. The van der Waals surface area contributed by atoms with Gasteiger partial charge in [0.05, 0.1) is 17.6 Å². The summed E-state index contributed by atoms with van der Waals surface area (Å²) in [4.78, 5) is 0. The van der Waals surface area contributed by atoms with E-state index in [0.717, 1.165) is 0 Å². The Morgan fingerprint density at radius 1 is 1.67 bits per heavy atom. The monoisotopic (exact) mass is 189 g/mol. The van der Waals surface area contributed by atoms with Gasteiger partial charge >= 0.3 is 0 Å². The molecule has 68 valence electrons. The van der Waals surface area contributed by atoms with Gasteiger partial charge in [-0.05, 0) is 6.92 Å². The minimum Gasteiger partial charge on any atom is -0.359 e. The van der Waals surface area contributed by atoms with Gasteiger partial charge in [-0.25, -0.2) is 8.42 Å². The van der Waals surface area contributed by atoms with Crippen molar-refractivity contribution in [1.82, 2.24) is 0 Å². The van der Waals surface area contributed by atoms with Crippen LogP contribution in [0.15, 0.2) is 0 Å². The van der Waals surface area contributed by atoms with E-state index >= 15 is 0 Å². The minimum absolute atomic E-state index is 0.0700. The highest BCUT2D eigenvalue weighted by Gasteiger charge is 2.43. The van der Waals surface area contributed by atoms with Crippen molar-refractivity contribution in [3.8, 4) is 6.07 Å². The molecule has 0 spiro atoms. The standard InChI is InChI=1S/C7H11NO3S/c1-2-11-7(5-8)3-4-12(9,10)6-7/h2-4,6H2,1H3. The summed E-state index contributed by atoms with van der Waals surface area (Å²) in [6.07, 6.45) is 0.305. The Morgan fingerprint density at radius 2 is 2.33 bits per heavy atom. The molecular weight excluding hydrogens is 178 g/mol. The van der Waals surface area contributed by atoms with Crippen LogP contribution in [-0.4, -0.2) is 32.1 Å². The second kappa shape index (κ2) is 3.04. The first kappa shape index (κ1) is 9.49. The average molecular weight is 189 g/mol. The van der Waals surface area contributed by atoms with Gasteiger partial charge in [0, 0.05) is 13.0 Å². The van der Waals surface area contributed by atoms with Crippen LogP contribution in [0.3, 0.4) is 0 Å². The van der Waals surface area contributed by atoms with E-state index in [-0.39, 0.29) is 11.5 Å². The van der Waals surface area contributed by atoms with Gasteiger partial charge in [0.2, 0.25) is 0 Å². The van der Waals surface area contributed by atoms with Crippen molar-refractivity contribution in [3.63, 3.8) is 0 Å². The molecule has 4 nitrogen and oxygen atoms in total. The van der Waals surface area contributed by atoms with Gasteiger partial charge in [-0.2, -0.15) is 5.26 Å². The van der Waals surface area contributed by atoms with Gasteiger partial charge in [0.15, 0.2) is 15.4 Å². The van der Waals surface area contributed by atoms with Crippen LogP contribution in [0.1, 0.15) is 13.3 Å². The van der Waals surface area contributed by atoms with E-state index in [4.69, 9.17) is 10.00 Å². The van der Waals surface area contributed by atoms with E-state index in [0.29, 0.717) is 13.0 Å². The predicted molar refractivity (Wildman–Crippen MR) is 43.2 cm³/mol. The van der Waals surface area contributed by atoms with Crippen LogP contribution in [-0.2, 0) is 14.6 Å². The summed E-state index contributed by atoms with van der Waals surface area (Å²) in [6, 6.07) is 1.93. The first-order valence-electron chi connectivity index (χ1n) is 3.79. The second-order valence-electron chi connectivity index (χ2n) is 2.88. The highest BCUT2D eigenvalue weighted by atomic mass is 32.2. The molecule has 1 saturated heterocycles. The van der Waals surface area contributed by atoms with Gasteiger partial charge in [0.1, 0.15) is 0 Å². The lowest BCUT2D eigenvalue weighted by atomic mass is 10.1. The summed E-state index contributed by atoms with van der Waals surface area (Å²) in [5.74, 6) is -0.0785. The zero-order chi connectivity index (χ0) is 9.24. The van der Waals surface area contributed by atoms with Crippen molar-refractivity contribution >= 4 is 9.84 Å². The quantitative estimate of drug-likeness (QED) is 0.618. The lowest BCUT2D eigenvalue weighted by Crippen LogP contribution is -2.32. The van der Waals surface area contributed by atoms with Gasteiger partial charge in [-0.15, -0.1) is 0 Å². The molecule has 1 heterocycles. The fourth-order valence-corrected chi connectivity index (χ4v) is 3.12. The molecule has 12 heavy (non-hydrogen) atoms. The molecule has 0 aromatic heterocycles. The van der Waals surface area contributed by atoms with E-state index in [1.165, 1.54) is 0 Å². The van der Waals surface area contributed by atoms with Crippen LogP contribution >= 0.6 is 0 Å². The molecule has 0 saturated carbocycles. The minimum atomic E-state index is -3.04. The van der Waals surface area contributed by atoms with Crippen LogP contribution in [0.4, 0.5) is 0 Å². The Morgan fingerprint density at radius 3 is 2.67 bits per heavy atom. The predicted octanol–water partition coefficient (Wildman–Crippen LogP) is 0.104. The van der Waals surface area contributed by atoms with E-state index in [1.54, 1.807) is 6.92 Å². The molecule has 0 bridgehead atoms. The maximum absolute atomic E-state index is 11.0. The number of nitriles is 1. The number of hydrogen-bond donors (Lipinski definition) is 0. The van der Waals surface area contributed by atoms with Crippen molar-refractivity contribution in [2.75, 3.05) is 18.1 Å². The second-order valence-corrected chi connectivity index (χ2v) is 5.07. The lowest BCUT2D eigenvalue weighted by molar-refractivity contribution is 0.0256. The van der Waals surface area contributed by atoms with Crippen molar-refractivity contribution in [2.45, 2.75) is 18.9 Å². The molecule has 1 atom stereocenters. The lowest BCUT2D eigenvalue weighted by Gasteiger charge is -2.17. The summed E-state index contributed by atoms with van der Waals surface area (Å²) in [6.45, 7) is 2.13. The molecule has 5 heteroatoms. The Labute approximate surface area is 72.1 Å². The Bertz CT molecular complexity index is 303. The van der Waals surface area contributed by atoms with Gasteiger partial charge in [-0.3, -0.25) is 0 Å². The molecular formula is C7H11NO3S. The van der Waals surface area contributed by atoms with E-state index in [9.17, 15) is 8.42 Å². The maximum atomic E-state index is 11.0. The highest BCUT2D eigenvalue weighted by Crippen LogP contribution is 2.26. The molecule has 1 aliphatic rings. The molecule has 0 aromatic rings. The van der Waals surface area contributed by atoms with Gasteiger partial charge < -0.3 is 4.74 Å². The van der Waals surface area contributed by atoms with Crippen molar-refractivity contribution in [3.05, 3.63) is 0 Å². The summed E-state index contributed by atoms with van der Waals surface area (Å²) in [7, 11) is -3.04. The number of ether oxygens (including phenoxy) is 1. The summed E-state index contributed by atoms with van der Waals surface area (Å²) in [5.41, 5.74) is -1.06. The molecule has 1 rings (SSSR count).